The number of nitrogens with one attached hydrogen (secondary N) is 3. The number of amides is 1. The monoisotopic (exact) mass is 909 g/mol. The van der Waals surface area contributed by atoms with E-state index in [1.807, 2.05) is 54.6 Å². The number of carbonyl (C=O) groups excluding carboxylic acids is 3. The lowest BCUT2D eigenvalue weighted by Crippen LogP contribution is -2.44. The van der Waals surface area contributed by atoms with E-state index in [0.29, 0.717) is 13.0 Å². The van der Waals surface area contributed by atoms with Gasteiger partial charge in [-0.2, -0.15) is 11.1 Å². The Morgan fingerprint density at radius 3 is 1.62 bits per heavy atom. The van der Waals surface area contributed by atoms with Crippen molar-refractivity contribution < 1.29 is 39.7 Å². The SMILES string of the molecule is C.C=Cc1ccc2c(c1)C(=NO[C@@H]1C[C@@H](C(=O)OC)N(C(=O)OC(C)(C)C)C1)c1ccccc1-2.C=Cc1ccc2c(c1)C(=NO[C@H]1CN[C@H](C(=O)OC)C1)c1ccccc1-2.Cl.N=NN=N.[2HH]. The number of hydrogen-bond acceptors (Lipinski definition) is 13. The van der Waals surface area contributed by atoms with E-state index >= 15 is 0 Å². The minimum atomic E-state index is -0.787. The number of benzene rings is 4. The summed E-state index contributed by atoms with van der Waals surface area (Å²) in [5.41, 5.74) is 22.8. The lowest BCUT2D eigenvalue weighted by Gasteiger charge is -2.27. The second-order valence-electron chi connectivity index (χ2n) is 15.8. The normalized spacial score (nSPS) is 19.4. The second-order valence-corrected chi connectivity index (χ2v) is 15.8. The zero-order chi connectivity index (χ0) is 45.3. The van der Waals surface area contributed by atoms with Crippen molar-refractivity contribution in [2.45, 2.75) is 70.9 Å². The Labute approximate surface area is 386 Å². The lowest BCUT2D eigenvalue weighted by molar-refractivity contribution is -0.146. The maximum absolute atomic E-state index is 12.7. The van der Waals surface area contributed by atoms with Crippen LogP contribution in [0.25, 0.3) is 34.4 Å². The summed E-state index contributed by atoms with van der Waals surface area (Å²) in [6, 6.07) is 27.4. The summed E-state index contributed by atoms with van der Waals surface area (Å²) < 4.78 is 15.1. The maximum atomic E-state index is 12.7. The Kier molecular flexibility index (Phi) is 17.5. The number of likely N-dealkylation sites (tertiary alicyclic amines) is 1. The van der Waals surface area contributed by atoms with Crippen molar-refractivity contribution in [3.05, 3.63) is 131 Å². The fourth-order valence-corrected chi connectivity index (χ4v) is 7.69. The van der Waals surface area contributed by atoms with Gasteiger partial charge in [0.2, 0.25) is 0 Å². The molecule has 0 radical (unpaired) electrons. The molecule has 0 bridgehead atoms. The van der Waals surface area contributed by atoms with Gasteiger partial charge in [-0.25, -0.2) is 9.59 Å². The highest BCUT2D eigenvalue weighted by Gasteiger charge is 2.44. The van der Waals surface area contributed by atoms with Crippen molar-refractivity contribution in [2.24, 2.45) is 20.8 Å². The number of esters is 2. The molecule has 4 atom stereocenters. The summed E-state index contributed by atoms with van der Waals surface area (Å²) in [6.07, 6.45) is 3.21. The Bertz CT molecular complexity index is 2490. The molecule has 4 aromatic carbocycles. The van der Waals surface area contributed by atoms with Gasteiger partial charge in [0.05, 0.1) is 20.8 Å². The molecule has 0 aromatic heterocycles. The first-order chi connectivity index (χ1) is 30.3. The van der Waals surface area contributed by atoms with Crippen LogP contribution in [0.3, 0.4) is 0 Å². The molecule has 17 heteroatoms. The largest absolute Gasteiger partial charge is 0.468 e. The first kappa shape index (κ1) is 50.6. The Morgan fingerprint density at radius 2 is 1.17 bits per heavy atom. The average Bonchev–Trinajstić information content (AvgIpc) is 4.09. The van der Waals surface area contributed by atoms with Crippen molar-refractivity contribution in [2.75, 3.05) is 27.3 Å². The van der Waals surface area contributed by atoms with Gasteiger partial charge in [-0.1, -0.05) is 116 Å². The third kappa shape index (κ3) is 11.6. The van der Waals surface area contributed by atoms with Crippen molar-refractivity contribution >= 4 is 54.0 Å². The van der Waals surface area contributed by atoms with Crippen LogP contribution in [0.5, 0.6) is 0 Å². The van der Waals surface area contributed by atoms with Crippen LogP contribution in [-0.4, -0.2) is 91.6 Å². The summed E-state index contributed by atoms with van der Waals surface area (Å²) >= 11 is 0. The van der Waals surface area contributed by atoms with E-state index in [2.05, 4.69) is 75.6 Å². The van der Waals surface area contributed by atoms with Gasteiger partial charge >= 0.3 is 18.0 Å². The van der Waals surface area contributed by atoms with Gasteiger partial charge in [0, 0.05) is 43.1 Å². The minimum Gasteiger partial charge on any atom is -0.468 e. The first-order valence-electron chi connectivity index (χ1n) is 20.2. The van der Waals surface area contributed by atoms with Crippen LogP contribution in [-0.2, 0) is 33.5 Å². The highest BCUT2D eigenvalue weighted by molar-refractivity contribution is 6.25. The van der Waals surface area contributed by atoms with E-state index in [9.17, 15) is 14.4 Å². The maximum Gasteiger partial charge on any atom is 0.411 e. The fourth-order valence-electron chi connectivity index (χ4n) is 7.69. The molecule has 1 amide bonds. The minimum absolute atomic E-state index is 0. The summed E-state index contributed by atoms with van der Waals surface area (Å²) in [7, 11) is 2.69. The number of nitrogens with zero attached hydrogens (tertiary/aromatic N) is 5. The van der Waals surface area contributed by atoms with E-state index < -0.39 is 29.8 Å². The van der Waals surface area contributed by atoms with Gasteiger partial charge in [-0.05, 0) is 76.7 Å². The summed E-state index contributed by atoms with van der Waals surface area (Å²) in [4.78, 5) is 49.7. The summed E-state index contributed by atoms with van der Waals surface area (Å²) in [5.74, 6) is -0.775. The zero-order valence-electron chi connectivity index (χ0n) is 36.2. The molecule has 16 nitrogen and oxygen atoms in total. The van der Waals surface area contributed by atoms with E-state index in [0.717, 1.165) is 67.1 Å². The summed E-state index contributed by atoms with van der Waals surface area (Å²) in [6.45, 7) is 13.8. The highest BCUT2D eigenvalue weighted by Crippen LogP contribution is 2.39. The van der Waals surface area contributed by atoms with Gasteiger partial charge in [0.25, 0.3) is 0 Å². The van der Waals surface area contributed by atoms with Gasteiger partial charge in [0.1, 0.15) is 41.3 Å². The molecule has 2 saturated heterocycles. The van der Waals surface area contributed by atoms with Gasteiger partial charge < -0.3 is 29.2 Å². The molecule has 2 heterocycles. The predicted octanol–water partition coefficient (Wildman–Crippen LogP) is 9.88. The third-order valence-corrected chi connectivity index (χ3v) is 10.6. The van der Waals surface area contributed by atoms with Crippen LogP contribution < -0.4 is 5.32 Å². The van der Waals surface area contributed by atoms with Crippen LogP contribution in [0, 0.1) is 11.1 Å². The highest BCUT2D eigenvalue weighted by atomic mass is 35.5. The molecule has 2 fully saturated rings. The molecule has 2 aliphatic heterocycles. The predicted molar refractivity (Wildman–Crippen MR) is 253 cm³/mol. The van der Waals surface area contributed by atoms with E-state index in [4.69, 9.17) is 34.9 Å². The molecule has 0 unspecified atom stereocenters. The quantitative estimate of drug-likeness (QED) is 0.0545. The Hall–Kier alpha value is -7.04. The smallest absolute Gasteiger partial charge is 0.411 e. The molecule has 344 valence electrons. The molecule has 0 spiro atoms. The standard InChI is InChI=1S/C26H28N2O5.C21H20N2O3.CH4.ClH.H2N4.H2/c1-6-16-11-12-19-18-9-7-8-10-20(18)23(21(19)13-16)27-33-17-14-22(24(29)31-5)28(15-17)25(30)32-26(2,3)4;1-3-13-8-9-16-15-6-4-5-7-17(15)20(18(16)10-13)23-26-14-11-19(22-12-14)21(24)25-2;;;1-3-4-2;/h6-13,17,22H,1,14-15H2,2-5H3;3-10,14,19,22H,1,11-12H2,2H3;1H4;1H;1-2H;1H/t17-,22+;14-,19+;;;;/m11..../s1/i;;;;;1+1. The lowest BCUT2D eigenvalue weighted by atomic mass is 10.0. The zero-order valence-corrected chi connectivity index (χ0v) is 37.0. The number of methoxy groups -OCH3 is 2. The first-order valence-corrected chi connectivity index (χ1v) is 20.2. The molecular formula is C48H57ClN8O8. The number of carbonyl (C=O) groups is 3. The molecule has 0 saturated carbocycles. The molecular weight excluding hydrogens is 852 g/mol. The molecule has 65 heavy (non-hydrogen) atoms. The van der Waals surface area contributed by atoms with Crippen LogP contribution in [0.4, 0.5) is 4.79 Å². The number of halogens is 1. The number of rotatable bonds is 9. The van der Waals surface area contributed by atoms with Crippen LogP contribution in [0.15, 0.2) is 119 Å². The Morgan fingerprint density at radius 1 is 0.708 bits per heavy atom. The summed E-state index contributed by atoms with van der Waals surface area (Å²) in [5, 5.41) is 16.6. The second kappa shape index (κ2) is 22.5. The molecule has 3 N–H and O–H groups in total. The van der Waals surface area contributed by atoms with E-state index in [1.165, 1.54) is 19.1 Å². The number of fused-ring (bicyclic) bond motifs is 6. The number of oxime groups is 2. The molecule has 8 rings (SSSR count). The molecule has 4 aromatic rings. The molecule has 4 aliphatic rings. The number of ether oxygens (including phenoxy) is 3. The average molecular weight is 910 g/mol. The van der Waals surface area contributed by atoms with Crippen molar-refractivity contribution in [3.63, 3.8) is 0 Å². The van der Waals surface area contributed by atoms with Crippen LogP contribution in [0.2, 0.25) is 0 Å². The van der Waals surface area contributed by atoms with Gasteiger partial charge in [-0.15, -0.1) is 12.4 Å². The van der Waals surface area contributed by atoms with Crippen LogP contribution in [0.1, 0.15) is 75.8 Å². The Balaban J connectivity index is 0.000000317. The van der Waals surface area contributed by atoms with Crippen LogP contribution >= 0.6 is 12.4 Å². The van der Waals surface area contributed by atoms with Crippen molar-refractivity contribution in [1.82, 2.24) is 10.2 Å². The molecule has 2 aliphatic carbocycles. The van der Waals surface area contributed by atoms with Crippen molar-refractivity contribution in [3.8, 4) is 22.3 Å². The number of hydrogen-bond donors (Lipinski definition) is 3. The van der Waals surface area contributed by atoms with Crippen molar-refractivity contribution in [1.29, 1.82) is 11.1 Å². The van der Waals surface area contributed by atoms with E-state index in [-0.39, 0.29) is 52.3 Å². The van der Waals surface area contributed by atoms with Gasteiger partial charge in [-0.3, -0.25) is 9.69 Å². The van der Waals surface area contributed by atoms with Gasteiger partial charge in [0.15, 0.2) is 0 Å². The van der Waals surface area contributed by atoms with E-state index in [1.54, 1.807) is 26.8 Å². The fraction of sp³-hybridized carbons (Fsp3) is 0.312. The third-order valence-electron chi connectivity index (χ3n) is 10.6. The topological polar surface area (TPSA) is 210 Å².